The van der Waals surface area contributed by atoms with Crippen molar-refractivity contribution < 1.29 is 14.3 Å². The van der Waals surface area contributed by atoms with Crippen LogP contribution in [-0.2, 0) is 9.53 Å². The molecule has 0 aliphatic carbocycles. The molecule has 0 aliphatic heterocycles. The molecule has 1 heterocycles. The highest BCUT2D eigenvalue weighted by molar-refractivity contribution is 5.92. The minimum absolute atomic E-state index is 0.229. The van der Waals surface area contributed by atoms with E-state index in [9.17, 15) is 9.59 Å². The van der Waals surface area contributed by atoms with Crippen LogP contribution in [0.3, 0.4) is 0 Å². The van der Waals surface area contributed by atoms with E-state index in [1.807, 2.05) is 0 Å². The van der Waals surface area contributed by atoms with Gasteiger partial charge in [0.05, 0.1) is 7.11 Å². The topological polar surface area (TPSA) is 82.3 Å². The number of nitrogens with two attached hydrogens (primary N) is 1. The van der Waals surface area contributed by atoms with E-state index in [0.29, 0.717) is 11.1 Å². The number of hydrogen-bond acceptors (Lipinski definition) is 4. The second-order valence-corrected chi connectivity index (χ2v) is 3.00. The van der Waals surface area contributed by atoms with Crippen molar-refractivity contribution in [2.45, 2.75) is 6.92 Å². The molecule has 5 heteroatoms. The van der Waals surface area contributed by atoms with Crippen LogP contribution in [0.5, 0.6) is 0 Å². The summed E-state index contributed by atoms with van der Waals surface area (Å²) in [5.74, 6) is 3.49. The van der Waals surface area contributed by atoms with Gasteiger partial charge < -0.3 is 10.5 Å². The highest BCUT2D eigenvalue weighted by atomic mass is 16.5. The van der Waals surface area contributed by atoms with Crippen LogP contribution in [0.4, 0.5) is 0 Å². The maximum atomic E-state index is 11.2. The lowest BCUT2D eigenvalue weighted by Gasteiger charge is -2.02. The first kappa shape index (κ1) is 11.7. The number of aromatic nitrogens is 1. The molecular weight excluding hydrogens is 208 g/mol. The lowest BCUT2D eigenvalue weighted by molar-refractivity contribution is -0.112. The predicted molar refractivity (Wildman–Crippen MR) is 56.4 cm³/mol. The second kappa shape index (κ2) is 4.94. The number of hydrogen-bond donors (Lipinski definition) is 1. The zero-order chi connectivity index (χ0) is 12.1. The Morgan fingerprint density at radius 1 is 1.50 bits per heavy atom. The lowest BCUT2D eigenvalue weighted by atomic mass is 10.1. The summed E-state index contributed by atoms with van der Waals surface area (Å²) in [4.78, 5) is 25.5. The fourth-order valence-corrected chi connectivity index (χ4v) is 1.09. The number of carbonyl (C=O) groups is 2. The molecule has 1 aromatic heterocycles. The molecule has 0 spiro atoms. The molecule has 0 atom stereocenters. The van der Waals surface area contributed by atoms with Crippen molar-refractivity contribution in [1.82, 2.24) is 4.98 Å². The fourth-order valence-electron chi connectivity index (χ4n) is 1.09. The van der Waals surface area contributed by atoms with E-state index in [2.05, 4.69) is 21.6 Å². The third-order valence-corrected chi connectivity index (χ3v) is 1.79. The Labute approximate surface area is 92.6 Å². The highest BCUT2D eigenvalue weighted by Crippen LogP contribution is 2.07. The first-order valence-electron chi connectivity index (χ1n) is 4.41. The number of ether oxygens (including phenoxy) is 1. The van der Waals surface area contributed by atoms with E-state index in [1.165, 1.54) is 13.3 Å². The Bertz CT molecular complexity index is 498. The van der Waals surface area contributed by atoms with Crippen molar-refractivity contribution in [2.75, 3.05) is 7.11 Å². The monoisotopic (exact) mass is 218 g/mol. The summed E-state index contributed by atoms with van der Waals surface area (Å²) >= 11 is 0. The number of methoxy groups -OCH3 is 1. The molecule has 16 heavy (non-hydrogen) atoms. The van der Waals surface area contributed by atoms with Gasteiger partial charge in [0, 0.05) is 17.7 Å². The fraction of sp³-hybridized carbons (Fsp3) is 0.182. The average molecular weight is 218 g/mol. The third kappa shape index (κ3) is 2.82. The summed E-state index contributed by atoms with van der Waals surface area (Å²) in [6.07, 6.45) is 1.38. The van der Waals surface area contributed by atoms with Gasteiger partial charge >= 0.3 is 5.97 Å². The number of pyridine rings is 1. The molecule has 1 aromatic rings. The van der Waals surface area contributed by atoms with E-state index in [-0.39, 0.29) is 5.69 Å². The SMILES string of the molecule is COC(=O)c1ncc(C#CC(N)=O)cc1C. The molecule has 1 rings (SSSR count). The van der Waals surface area contributed by atoms with Crippen molar-refractivity contribution >= 4 is 11.9 Å². The lowest BCUT2D eigenvalue weighted by Crippen LogP contribution is -2.07. The molecule has 0 bridgehead atoms. The van der Waals surface area contributed by atoms with Gasteiger partial charge in [0.25, 0.3) is 5.91 Å². The predicted octanol–water partition coefficient (Wildman–Crippen LogP) is 0.0134. The first-order chi connectivity index (χ1) is 7.54. The number of aryl methyl sites for hydroxylation is 1. The van der Waals surface area contributed by atoms with Crippen molar-refractivity contribution in [3.8, 4) is 11.8 Å². The molecule has 0 aromatic carbocycles. The Kier molecular flexibility index (Phi) is 3.62. The Morgan fingerprint density at radius 3 is 2.69 bits per heavy atom. The van der Waals surface area contributed by atoms with Gasteiger partial charge in [-0.2, -0.15) is 0 Å². The van der Waals surface area contributed by atoms with E-state index in [4.69, 9.17) is 5.73 Å². The van der Waals surface area contributed by atoms with E-state index in [0.717, 1.165) is 0 Å². The van der Waals surface area contributed by atoms with E-state index in [1.54, 1.807) is 13.0 Å². The molecule has 5 nitrogen and oxygen atoms in total. The molecule has 82 valence electrons. The summed E-state index contributed by atoms with van der Waals surface area (Å²) in [6, 6.07) is 1.63. The molecular formula is C11H10N2O3. The summed E-state index contributed by atoms with van der Waals surface area (Å²) in [7, 11) is 1.28. The third-order valence-electron chi connectivity index (χ3n) is 1.79. The van der Waals surface area contributed by atoms with Crippen LogP contribution >= 0.6 is 0 Å². The van der Waals surface area contributed by atoms with Crippen LogP contribution in [0, 0.1) is 18.8 Å². The van der Waals surface area contributed by atoms with Gasteiger partial charge in [0.1, 0.15) is 0 Å². The van der Waals surface area contributed by atoms with Gasteiger partial charge in [-0.15, -0.1) is 0 Å². The Morgan fingerprint density at radius 2 is 2.19 bits per heavy atom. The van der Waals surface area contributed by atoms with Crippen LogP contribution in [0.15, 0.2) is 12.3 Å². The Hall–Kier alpha value is -2.35. The summed E-state index contributed by atoms with van der Waals surface area (Å²) in [5.41, 5.74) is 6.25. The van der Waals surface area contributed by atoms with Gasteiger partial charge in [-0.1, -0.05) is 5.92 Å². The van der Waals surface area contributed by atoms with E-state index >= 15 is 0 Å². The van der Waals surface area contributed by atoms with Crippen LogP contribution in [0.25, 0.3) is 0 Å². The maximum absolute atomic E-state index is 11.2. The van der Waals surface area contributed by atoms with Crippen molar-refractivity contribution in [1.29, 1.82) is 0 Å². The minimum atomic E-state index is -0.713. The van der Waals surface area contributed by atoms with Gasteiger partial charge in [-0.05, 0) is 18.6 Å². The zero-order valence-corrected chi connectivity index (χ0v) is 8.90. The smallest absolute Gasteiger partial charge is 0.356 e. The van der Waals surface area contributed by atoms with Gasteiger partial charge in [0.2, 0.25) is 0 Å². The zero-order valence-electron chi connectivity index (χ0n) is 8.90. The summed E-state index contributed by atoms with van der Waals surface area (Å²) in [6.45, 7) is 1.70. The standard InChI is InChI=1S/C11H10N2O3/c1-7-5-8(3-4-9(12)14)6-13-10(7)11(15)16-2/h5-6H,1-2H3,(H2,12,14). The van der Waals surface area contributed by atoms with Gasteiger partial charge in [-0.25, -0.2) is 9.78 Å². The molecule has 0 saturated heterocycles. The largest absolute Gasteiger partial charge is 0.464 e. The molecule has 0 aliphatic rings. The normalized spacial score (nSPS) is 8.88. The first-order valence-corrected chi connectivity index (χ1v) is 4.41. The van der Waals surface area contributed by atoms with Crippen molar-refractivity contribution in [3.05, 3.63) is 29.1 Å². The highest BCUT2D eigenvalue weighted by Gasteiger charge is 2.10. The molecule has 0 saturated carbocycles. The number of esters is 1. The van der Waals surface area contributed by atoms with Gasteiger partial charge in [-0.3, -0.25) is 4.79 Å². The minimum Gasteiger partial charge on any atom is -0.464 e. The quantitative estimate of drug-likeness (QED) is 0.532. The molecule has 0 fully saturated rings. The summed E-state index contributed by atoms with van der Waals surface area (Å²) in [5, 5.41) is 0. The Balaban J connectivity index is 3.06. The number of amides is 1. The molecule has 1 amide bonds. The molecule has 0 radical (unpaired) electrons. The second-order valence-electron chi connectivity index (χ2n) is 3.00. The number of rotatable bonds is 1. The van der Waals surface area contributed by atoms with Crippen molar-refractivity contribution in [2.24, 2.45) is 5.73 Å². The van der Waals surface area contributed by atoms with Crippen LogP contribution in [0.1, 0.15) is 21.6 Å². The average Bonchev–Trinajstić information content (AvgIpc) is 2.25. The van der Waals surface area contributed by atoms with Crippen LogP contribution < -0.4 is 5.73 Å². The number of carbonyl (C=O) groups excluding carboxylic acids is 2. The molecule has 2 N–H and O–H groups in total. The van der Waals surface area contributed by atoms with E-state index < -0.39 is 11.9 Å². The number of nitrogens with zero attached hydrogens (tertiary/aromatic N) is 1. The number of primary amides is 1. The summed E-state index contributed by atoms with van der Waals surface area (Å²) < 4.78 is 4.54. The molecule has 0 unspecified atom stereocenters. The van der Waals surface area contributed by atoms with Crippen molar-refractivity contribution in [3.63, 3.8) is 0 Å². The van der Waals surface area contributed by atoms with Gasteiger partial charge in [0.15, 0.2) is 5.69 Å². The maximum Gasteiger partial charge on any atom is 0.356 e. The van der Waals surface area contributed by atoms with Crippen LogP contribution in [-0.4, -0.2) is 24.0 Å². The van der Waals surface area contributed by atoms with Crippen LogP contribution in [0.2, 0.25) is 0 Å².